The number of nitrogens with one attached hydrogen (secondary N) is 1. The van der Waals surface area contributed by atoms with Crippen molar-refractivity contribution in [3.63, 3.8) is 0 Å². The third-order valence-corrected chi connectivity index (χ3v) is 5.70. The molecule has 7 heteroatoms. The van der Waals surface area contributed by atoms with Crippen molar-refractivity contribution < 1.29 is 13.6 Å². The van der Waals surface area contributed by atoms with Gasteiger partial charge in [0.05, 0.1) is 5.75 Å². The van der Waals surface area contributed by atoms with Crippen molar-refractivity contribution in [2.75, 3.05) is 5.75 Å². The van der Waals surface area contributed by atoms with E-state index >= 15 is 0 Å². The molecule has 0 radical (unpaired) electrons. The van der Waals surface area contributed by atoms with E-state index in [0.29, 0.717) is 28.5 Å². The summed E-state index contributed by atoms with van der Waals surface area (Å²) in [5, 5.41) is 11.3. The summed E-state index contributed by atoms with van der Waals surface area (Å²) in [6.45, 7) is 4.45. The maximum absolute atomic E-state index is 12.9. The van der Waals surface area contributed by atoms with Crippen LogP contribution in [0.15, 0.2) is 33.9 Å². The minimum absolute atomic E-state index is 0.0162. The van der Waals surface area contributed by atoms with Crippen molar-refractivity contribution in [3.8, 4) is 11.5 Å². The van der Waals surface area contributed by atoms with Gasteiger partial charge in [0.1, 0.15) is 5.82 Å². The molecule has 1 aromatic heterocycles. The summed E-state index contributed by atoms with van der Waals surface area (Å²) in [6.07, 6.45) is 3.43. The highest BCUT2D eigenvalue weighted by atomic mass is 32.2. The molecule has 1 saturated carbocycles. The van der Waals surface area contributed by atoms with Gasteiger partial charge in [0.2, 0.25) is 11.8 Å². The van der Waals surface area contributed by atoms with Gasteiger partial charge in [-0.25, -0.2) is 4.39 Å². The molecule has 134 valence electrons. The summed E-state index contributed by atoms with van der Waals surface area (Å²) in [6, 6.07) is 6.08. The monoisotopic (exact) mass is 363 g/mol. The molecule has 1 aromatic carbocycles. The Hall–Kier alpha value is -1.89. The molecule has 1 amide bonds. The number of rotatable bonds is 5. The van der Waals surface area contributed by atoms with Crippen molar-refractivity contribution in [1.82, 2.24) is 15.5 Å². The molecule has 0 bridgehead atoms. The molecular formula is C18H22FN3O2S. The van der Waals surface area contributed by atoms with E-state index in [0.717, 1.165) is 12.8 Å². The van der Waals surface area contributed by atoms with Crippen LogP contribution in [0.3, 0.4) is 0 Å². The van der Waals surface area contributed by atoms with Gasteiger partial charge in [-0.1, -0.05) is 38.5 Å². The van der Waals surface area contributed by atoms with E-state index in [2.05, 4.69) is 29.4 Å². The van der Waals surface area contributed by atoms with Gasteiger partial charge in [0.15, 0.2) is 0 Å². The number of hydrogen-bond acceptors (Lipinski definition) is 5. The Morgan fingerprint density at radius 1 is 1.28 bits per heavy atom. The molecular weight excluding hydrogens is 341 g/mol. The van der Waals surface area contributed by atoms with Crippen LogP contribution >= 0.6 is 11.8 Å². The largest absolute Gasteiger partial charge is 0.411 e. The molecule has 1 N–H and O–H groups in total. The van der Waals surface area contributed by atoms with Crippen LogP contribution in [0.1, 0.15) is 33.1 Å². The fourth-order valence-electron chi connectivity index (χ4n) is 3.14. The first-order chi connectivity index (χ1) is 12.0. The number of carbonyl (C=O) groups excluding carboxylic acids is 1. The molecule has 25 heavy (non-hydrogen) atoms. The van der Waals surface area contributed by atoms with E-state index < -0.39 is 0 Å². The molecule has 5 nitrogen and oxygen atoms in total. The molecule has 1 aliphatic rings. The molecule has 1 fully saturated rings. The van der Waals surface area contributed by atoms with Crippen LogP contribution < -0.4 is 5.32 Å². The Balaban J connectivity index is 1.52. The van der Waals surface area contributed by atoms with E-state index in [1.807, 2.05) is 0 Å². The van der Waals surface area contributed by atoms with Gasteiger partial charge >= 0.3 is 0 Å². The van der Waals surface area contributed by atoms with Crippen molar-refractivity contribution in [1.29, 1.82) is 0 Å². The molecule has 3 rings (SSSR count). The Kier molecular flexibility index (Phi) is 5.73. The summed E-state index contributed by atoms with van der Waals surface area (Å²) in [5.74, 6) is 1.36. The second kappa shape index (κ2) is 7.99. The Morgan fingerprint density at radius 2 is 2.04 bits per heavy atom. The van der Waals surface area contributed by atoms with E-state index in [1.54, 1.807) is 12.1 Å². The highest BCUT2D eigenvalue weighted by molar-refractivity contribution is 7.99. The van der Waals surface area contributed by atoms with Gasteiger partial charge in [-0.2, -0.15) is 0 Å². The Morgan fingerprint density at radius 3 is 2.80 bits per heavy atom. The number of halogens is 1. The first-order valence-electron chi connectivity index (χ1n) is 8.54. The molecule has 1 heterocycles. The van der Waals surface area contributed by atoms with E-state index in [1.165, 1.54) is 30.3 Å². The second-order valence-electron chi connectivity index (χ2n) is 6.61. The zero-order chi connectivity index (χ0) is 17.8. The van der Waals surface area contributed by atoms with Gasteiger partial charge in [0.25, 0.3) is 5.22 Å². The third-order valence-electron chi connectivity index (χ3n) is 4.88. The first kappa shape index (κ1) is 17.9. The number of benzene rings is 1. The number of thioether (sulfide) groups is 1. The molecule has 3 atom stereocenters. The smallest absolute Gasteiger partial charge is 0.277 e. The molecule has 0 aliphatic heterocycles. The van der Waals surface area contributed by atoms with Crippen LogP contribution in [-0.4, -0.2) is 27.9 Å². The average Bonchev–Trinajstić information content (AvgIpc) is 3.07. The lowest BCUT2D eigenvalue weighted by molar-refractivity contribution is -0.120. The zero-order valence-electron chi connectivity index (χ0n) is 14.4. The van der Waals surface area contributed by atoms with Crippen LogP contribution in [0.2, 0.25) is 0 Å². The summed E-state index contributed by atoms with van der Waals surface area (Å²) in [4.78, 5) is 12.2. The van der Waals surface area contributed by atoms with Crippen molar-refractivity contribution >= 4 is 17.7 Å². The van der Waals surface area contributed by atoms with E-state index in [4.69, 9.17) is 4.42 Å². The van der Waals surface area contributed by atoms with Crippen molar-refractivity contribution in [3.05, 3.63) is 30.1 Å². The Labute approximate surface area is 150 Å². The van der Waals surface area contributed by atoms with Crippen molar-refractivity contribution in [2.24, 2.45) is 11.8 Å². The maximum Gasteiger partial charge on any atom is 0.277 e. The molecule has 0 unspecified atom stereocenters. The number of hydrogen-bond donors (Lipinski definition) is 1. The minimum Gasteiger partial charge on any atom is -0.411 e. The van der Waals surface area contributed by atoms with Gasteiger partial charge in [-0.15, -0.1) is 10.2 Å². The second-order valence-corrected chi connectivity index (χ2v) is 7.54. The highest BCUT2D eigenvalue weighted by Gasteiger charge is 2.28. The van der Waals surface area contributed by atoms with Gasteiger partial charge < -0.3 is 9.73 Å². The summed E-state index contributed by atoms with van der Waals surface area (Å²) in [7, 11) is 0. The number of nitrogens with zero attached hydrogens (tertiary/aromatic N) is 2. The van der Waals surface area contributed by atoms with Crippen LogP contribution in [-0.2, 0) is 4.79 Å². The number of aromatic nitrogens is 2. The van der Waals surface area contributed by atoms with Gasteiger partial charge in [-0.3, -0.25) is 4.79 Å². The molecule has 2 aromatic rings. The van der Waals surface area contributed by atoms with Crippen LogP contribution in [0.5, 0.6) is 0 Å². The number of amides is 1. The van der Waals surface area contributed by atoms with E-state index in [9.17, 15) is 9.18 Å². The maximum atomic E-state index is 12.9. The SMILES string of the molecule is C[C@@H]1[C@H](C)CCC[C@H]1NC(=O)CSc1nnc(-c2ccc(F)cc2)o1. The predicted molar refractivity (Wildman–Crippen MR) is 94.5 cm³/mol. The van der Waals surface area contributed by atoms with Crippen LogP contribution in [0.4, 0.5) is 4.39 Å². The van der Waals surface area contributed by atoms with Crippen molar-refractivity contribution in [2.45, 2.75) is 44.4 Å². The predicted octanol–water partition coefficient (Wildman–Crippen LogP) is 3.91. The Bertz CT molecular complexity index is 719. The molecule has 1 aliphatic carbocycles. The fourth-order valence-corrected chi connectivity index (χ4v) is 3.71. The summed E-state index contributed by atoms with van der Waals surface area (Å²) < 4.78 is 18.5. The highest BCUT2D eigenvalue weighted by Crippen LogP contribution is 2.29. The lowest BCUT2D eigenvalue weighted by Gasteiger charge is -2.34. The quantitative estimate of drug-likeness (QED) is 0.816. The standard InChI is InChI=1S/C18H22FN3O2S/c1-11-4-3-5-15(12(11)2)20-16(23)10-25-18-22-21-17(24-18)13-6-8-14(19)9-7-13/h6-9,11-12,15H,3-5,10H2,1-2H3,(H,20,23)/t11-,12-,15-/m1/s1. The third kappa shape index (κ3) is 4.60. The summed E-state index contributed by atoms with van der Waals surface area (Å²) in [5.41, 5.74) is 0.648. The average molecular weight is 363 g/mol. The first-order valence-corrected chi connectivity index (χ1v) is 9.53. The minimum atomic E-state index is -0.319. The number of carbonyl (C=O) groups is 1. The van der Waals surface area contributed by atoms with E-state index in [-0.39, 0.29) is 23.5 Å². The van der Waals surface area contributed by atoms with Gasteiger partial charge in [0, 0.05) is 11.6 Å². The van der Waals surface area contributed by atoms with Gasteiger partial charge in [-0.05, 0) is 42.5 Å². The molecule has 0 saturated heterocycles. The van der Waals surface area contributed by atoms with Crippen LogP contribution in [0, 0.1) is 17.7 Å². The summed E-state index contributed by atoms with van der Waals surface area (Å²) >= 11 is 1.21. The normalized spacial score (nSPS) is 23.4. The fraction of sp³-hybridized carbons (Fsp3) is 0.500. The topological polar surface area (TPSA) is 68.0 Å². The van der Waals surface area contributed by atoms with Crippen LogP contribution in [0.25, 0.3) is 11.5 Å². The lowest BCUT2D eigenvalue weighted by atomic mass is 9.78. The molecule has 0 spiro atoms. The lowest BCUT2D eigenvalue weighted by Crippen LogP contribution is -2.44. The zero-order valence-corrected chi connectivity index (χ0v) is 15.2.